The molecule has 0 radical (unpaired) electrons. The molecular formula is C31H42N2O6. The SMILES string of the molecule is C=CCCCCOC(=O)[C@@H]1[C@@H]2CCC3(O2)C(C(=O)N(CC=C)Cc2ccccc2)N([C@@H](CO)C(C)C)C(=O)[C@H]13. The number of amides is 2. The van der Waals surface area contributed by atoms with Gasteiger partial charge in [0, 0.05) is 13.1 Å². The maximum Gasteiger partial charge on any atom is 0.312 e. The molecule has 212 valence electrons. The fourth-order valence-electron chi connectivity index (χ4n) is 6.64. The highest BCUT2D eigenvalue weighted by Gasteiger charge is 2.75. The number of aliphatic hydroxyl groups excluding tert-OH is 1. The van der Waals surface area contributed by atoms with Crippen LogP contribution in [-0.2, 0) is 30.4 Å². The first-order valence-electron chi connectivity index (χ1n) is 14.1. The zero-order valence-electron chi connectivity index (χ0n) is 23.2. The normalized spacial score (nSPS) is 27.9. The van der Waals surface area contributed by atoms with Crippen molar-refractivity contribution in [2.45, 2.75) is 76.3 Å². The van der Waals surface area contributed by atoms with E-state index >= 15 is 0 Å². The van der Waals surface area contributed by atoms with Crippen molar-refractivity contribution in [1.82, 2.24) is 9.80 Å². The first-order valence-corrected chi connectivity index (χ1v) is 14.1. The predicted octanol–water partition coefficient (Wildman–Crippen LogP) is 3.49. The molecule has 2 amide bonds. The van der Waals surface area contributed by atoms with E-state index in [0.29, 0.717) is 25.8 Å². The van der Waals surface area contributed by atoms with Gasteiger partial charge in [0.25, 0.3) is 0 Å². The zero-order chi connectivity index (χ0) is 28.2. The summed E-state index contributed by atoms with van der Waals surface area (Å²) in [6, 6.07) is 8.11. The fraction of sp³-hybridized carbons (Fsp3) is 0.581. The van der Waals surface area contributed by atoms with Gasteiger partial charge < -0.3 is 24.4 Å². The van der Waals surface area contributed by atoms with E-state index in [4.69, 9.17) is 9.47 Å². The van der Waals surface area contributed by atoms with Crippen LogP contribution in [0.3, 0.4) is 0 Å². The number of aliphatic hydroxyl groups is 1. The second-order valence-electron chi connectivity index (χ2n) is 11.2. The van der Waals surface area contributed by atoms with Crippen LogP contribution >= 0.6 is 0 Å². The molecule has 3 heterocycles. The largest absolute Gasteiger partial charge is 0.465 e. The molecule has 0 aromatic heterocycles. The molecule has 2 unspecified atom stereocenters. The molecule has 1 aromatic rings. The van der Waals surface area contributed by atoms with Gasteiger partial charge in [0.1, 0.15) is 11.6 Å². The van der Waals surface area contributed by atoms with E-state index in [-0.39, 0.29) is 37.5 Å². The average molecular weight is 539 g/mol. The molecule has 1 aromatic carbocycles. The summed E-state index contributed by atoms with van der Waals surface area (Å²) in [5.41, 5.74) is -0.182. The Labute approximate surface area is 231 Å². The van der Waals surface area contributed by atoms with E-state index in [2.05, 4.69) is 13.2 Å². The molecule has 3 saturated heterocycles. The molecule has 3 aliphatic rings. The van der Waals surface area contributed by atoms with Gasteiger partial charge in [-0.05, 0) is 43.6 Å². The molecule has 8 nitrogen and oxygen atoms in total. The minimum Gasteiger partial charge on any atom is -0.465 e. The third kappa shape index (κ3) is 5.41. The number of hydrogen-bond acceptors (Lipinski definition) is 6. The highest BCUT2D eigenvalue weighted by Crippen LogP contribution is 2.59. The fourth-order valence-corrected chi connectivity index (χ4v) is 6.64. The molecule has 39 heavy (non-hydrogen) atoms. The number of carbonyl (C=O) groups excluding carboxylic acids is 3. The minimum atomic E-state index is -1.14. The monoisotopic (exact) mass is 538 g/mol. The molecule has 8 heteroatoms. The summed E-state index contributed by atoms with van der Waals surface area (Å²) in [6.45, 7) is 12.0. The maximum atomic E-state index is 14.4. The number of unbranched alkanes of at least 4 members (excludes halogenated alkanes) is 2. The summed E-state index contributed by atoms with van der Waals surface area (Å²) in [4.78, 5) is 45.1. The zero-order valence-corrected chi connectivity index (χ0v) is 23.2. The van der Waals surface area contributed by atoms with Gasteiger partial charge in [0.15, 0.2) is 0 Å². The van der Waals surface area contributed by atoms with Crippen LogP contribution in [0, 0.1) is 17.8 Å². The summed E-state index contributed by atoms with van der Waals surface area (Å²) >= 11 is 0. The lowest BCUT2D eigenvalue weighted by molar-refractivity contribution is -0.157. The third-order valence-corrected chi connectivity index (χ3v) is 8.48. The topological polar surface area (TPSA) is 96.4 Å². The molecule has 4 rings (SSSR count). The Kier molecular flexibility index (Phi) is 9.28. The van der Waals surface area contributed by atoms with Crippen LogP contribution in [0.1, 0.15) is 51.5 Å². The van der Waals surface area contributed by atoms with Crippen LogP contribution in [0.2, 0.25) is 0 Å². The number of hydrogen-bond donors (Lipinski definition) is 1. The van der Waals surface area contributed by atoms with E-state index in [1.54, 1.807) is 11.0 Å². The molecular weight excluding hydrogens is 496 g/mol. The van der Waals surface area contributed by atoms with Crippen molar-refractivity contribution in [3.63, 3.8) is 0 Å². The van der Waals surface area contributed by atoms with Gasteiger partial charge in [0.2, 0.25) is 11.8 Å². The van der Waals surface area contributed by atoms with Crippen LogP contribution in [0.4, 0.5) is 0 Å². The maximum absolute atomic E-state index is 14.4. The predicted molar refractivity (Wildman–Crippen MR) is 147 cm³/mol. The molecule has 1 spiro atoms. The van der Waals surface area contributed by atoms with Crippen LogP contribution in [0.5, 0.6) is 0 Å². The summed E-state index contributed by atoms with van der Waals surface area (Å²) in [5, 5.41) is 10.4. The Morgan fingerprint density at radius 1 is 1.23 bits per heavy atom. The number of ether oxygens (including phenoxy) is 2. The number of rotatable bonds is 14. The van der Waals surface area contributed by atoms with Gasteiger partial charge in [-0.3, -0.25) is 14.4 Å². The summed E-state index contributed by atoms with van der Waals surface area (Å²) < 4.78 is 12.1. The molecule has 1 N–H and O–H groups in total. The molecule has 6 atom stereocenters. The van der Waals surface area contributed by atoms with Crippen molar-refractivity contribution >= 4 is 17.8 Å². The van der Waals surface area contributed by atoms with Gasteiger partial charge in [-0.1, -0.05) is 56.3 Å². The first kappa shape index (κ1) is 29.0. The van der Waals surface area contributed by atoms with Crippen molar-refractivity contribution in [1.29, 1.82) is 0 Å². The summed E-state index contributed by atoms with van der Waals surface area (Å²) in [7, 11) is 0. The second-order valence-corrected chi connectivity index (χ2v) is 11.2. The molecule has 0 aliphatic carbocycles. The number of likely N-dealkylation sites (tertiary alicyclic amines) is 1. The average Bonchev–Trinajstić information content (AvgIpc) is 3.56. The van der Waals surface area contributed by atoms with Gasteiger partial charge in [-0.2, -0.15) is 0 Å². The van der Waals surface area contributed by atoms with Crippen molar-refractivity contribution < 1.29 is 29.0 Å². The highest BCUT2D eigenvalue weighted by molar-refractivity contribution is 5.98. The number of fused-ring (bicyclic) bond motifs is 1. The van der Waals surface area contributed by atoms with E-state index < -0.39 is 41.6 Å². The lowest BCUT2D eigenvalue weighted by Gasteiger charge is -2.40. The van der Waals surface area contributed by atoms with Crippen LogP contribution < -0.4 is 0 Å². The van der Waals surface area contributed by atoms with Crippen LogP contribution in [-0.4, -0.2) is 76.2 Å². The minimum absolute atomic E-state index is 0.112. The molecule has 0 saturated carbocycles. The molecule has 3 aliphatic heterocycles. The Morgan fingerprint density at radius 3 is 2.62 bits per heavy atom. The van der Waals surface area contributed by atoms with Gasteiger partial charge in [0.05, 0.1) is 37.2 Å². The third-order valence-electron chi connectivity index (χ3n) is 8.48. The first-order chi connectivity index (χ1) is 18.8. The lowest BCUT2D eigenvalue weighted by atomic mass is 9.70. The van der Waals surface area contributed by atoms with Gasteiger partial charge in [-0.25, -0.2) is 0 Å². The molecule has 3 fully saturated rings. The van der Waals surface area contributed by atoms with Crippen molar-refractivity contribution in [2.24, 2.45) is 17.8 Å². The smallest absolute Gasteiger partial charge is 0.312 e. The Balaban J connectivity index is 1.67. The Morgan fingerprint density at radius 2 is 1.97 bits per heavy atom. The quantitative estimate of drug-likeness (QED) is 0.221. The highest BCUT2D eigenvalue weighted by atomic mass is 16.6. The Hall–Kier alpha value is -2.97. The number of benzene rings is 1. The number of nitrogens with zero attached hydrogens (tertiary/aromatic N) is 2. The molecule has 2 bridgehead atoms. The summed E-state index contributed by atoms with van der Waals surface area (Å²) in [6.07, 6.45) is 6.52. The number of allylic oxidation sites excluding steroid dienone is 1. The van der Waals surface area contributed by atoms with Gasteiger partial charge in [-0.15, -0.1) is 13.2 Å². The Bertz CT molecular complexity index is 1060. The van der Waals surface area contributed by atoms with E-state index in [1.165, 1.54) is 4.90 Å². The lowest BCUT2D eigenvalue weighted by Crippen LogP contribution is -2.59. The van der Waals surface area contributed by atoms with Crippen molar-refractivity contribution in [3.05, 3.63) is 61.2 Å². The summed E-state index contributed by atoms with van der Waals surface area (Å²) in [5.74, 6) is -2.70. The standard InChI is InChI=1S/C31H42N2O6/c1-5-7-8-12-18-38-30(37)25-24-15-16-31(39-24)26(25)28(35)33(23(20-34)21(3)4)27(31)29(36)32(17-6-2)19-22-13-10-9-11-14-22/h5-6,9-11,13-14,21,23-27,34H,1-2,7-8,12,15-20H2,3-4H3/t23-,24-,25+,26-,27?,31?/m0/s1. The number of esters is 1. The second kappa shape index (κ2) is 12.5. The number of carbonyl (C=O) groups is 3. The van der Waals surface area contributed by atoms with E-state index in [1.807, 2.05) is 50.3 Å². The van der Waals surface area contributed by atoms with Crippen LogP contribution in [0.15, 0.2) is 55.6 Å². The van der Waals surface area contributed by atoms with E-state index in [9.17, 15) is 19.5 Å². The van der Waals surface area contributed by atoms with Crippen molar-refractivity contribution in [3.8, 4) is 0 Å². The van der Waals surface area contributed by atoms with Crippen LogP contribution in [0.25, 0.3) is 0 Å². The van der Waals surface area contributed by atoms with Crippen molar-refractivity contribution in [2.75, 3.05) is 19.8 Å². The van der Waals surface area contributed by atoms with E-state index in [0.717, 1.165) is 18.4 Å². The van der Waals surface area contributed by atoms with Gasteiger partial charge >= 0.3 is 5.97 Å².